The fourth-order valence-electron chi connectivity index (χ4n) is 1.62. The number of anilines is 2. The summed E-state index contributed by atoms with van der Waals surface area (Å²) in [7, 11) is 0. The third kappa shape index (κ3) is 5.03. The Balaban J connectivity index is 1.89. The number of rotatable bonds is 4. The molecule has 0 heterocycles. The number of carbonyl (C=O) groups is 2. The maximum Gasteiger partial charge on any atom is 0.248 e. The van der Waals surface area contributed by atoms with Crippen molar-refractivity contribution in [2.75, 3.05) is 10.6 Å². The summed E-state index contributed by atoms with van der Waals surface area (Å²) in [5.41, 5.74) is 0.965. The van der Waals surface area contributed by atoms with E-state index in [0.29, 0.717) is 16.4 Å². The van der Waals surface area contributed by atoms with Crippen molar-refractivity contribution in [3.63, 3.8) is 0 Å². The molecule has 0 spiro atoms. The lowest BCUT2D eigenvalue weighted by Crippen LogP contribution is -2.12. The molecule has 0 aliphatic heterocycles. The third-order valence-electron chi connectivity index (χ3n) is 2.59. The van der Waals surface area contributed by atoms with Crippen molar-refractivity contribution in [2.45, 2.75) is 0 Å². The molecule has 2 aromatic carbocycles. The van der Waals surface area contributed by atoms with Crippen molar-refractivity contribution >= 4 is 34.8 Å². The Hall–Kier alpha value is -2.66. The first-order valence-electron chi connectivity index (χ1n) is 6.34. The second-order valence-electron chi connectivity index (χ2n) is 4.33. The van der Waals surface area contributed by atoms with Gasteiger partial charge in [0.15, 0.2) is 0 Å². The van der Waals surface area contributed by atoms with Crippen molar-refractivity contribution in [1.29, 1.82) is 0 Å². The van der Waals surface area contributed by atoms with Crippen molar-refractivity contribution in [3.8, 4) is 0 Å². The summed E-state index contributed by atoms with van der Waals surface area (Å²) in [4.78, 5) is 23.3. The number of amides is 2. The molecule has 0 saturated carbocycles. The monoisotopic (exact) mass is 318 g/mol. The molecule has 112 valence electrons. The fourth-order valence-corrected chi connectivity index (χ4v) is 1.81. The number of carbonyl (C=O) groups excluding carboxylic acids is 2. The maximum absolute atomic E-state index is 12.7. The Bertz CT molecular complexity index is 714. The van der Waals surface area contributed by atoms with Gasteiger partial charge in [0.2, 0.25) is 11.8 Å². The topological polar surface area (TPSA) is 58.2 Å². The van der Waals surface area contributed by atoms with E-state index in [1.165, 1.54) is 24.3 Å². The molecular weight excluding hydrogens is 307 g/mol. The van der Waals surface area contributed by atoms with Crippen LogP contribution in [0.3, 0.4) is 0 Å². The van der Waals surface area contributed by atoms with Crippen molar-refractivity contribution in [3.05, 3.63) is 71.5 Å². The quantitative estimate of drug-likeness (QED) is 0.846. The van der Waals surface area contributed by atoms with E-state index in [9.17, 15) is 14.0 Å². The molecule has 0 bridgehead atoms. The van der Waals surface area contributed by atoms with E-state index < -0.39 is 17.6 Å². The molecule has 0 unspecified atom stereocenters. The number of nitrogens with one attached hydrogen (secondary N) is 2. The van der Waals surface area contributed by atoms with Crippen LogP contribution in [0.2, 0.25) is 5.02 Å². The van der Waals surface area contributed by atoms with E-state index in [1.807, 2.05) is 0 Å². The largest absolute Gasteiger partial charge is 0.323 e. The van der Waals surface area contributed by atoms with Crippen LogP contribution in [-0.2, 0) is 9.59 Å². The van der Waals surface area contributed by atoms with Crippen molar-refractivity contribution in [1.82, 2.24) is 0 Å². The molecule has 0 atom stereocenters. The van der Waals surface area contributed by atoms with Crippen LogP contribution in [0.25, 0.3) is 0 Å². The summed E-state index contributed by atoms with van der Waals surface area (Å²) in [5.74, 6) is -1.35. The molecule has 0 radical (unpaired) electrons. The van der Waals surface area contributed by atoms with Crippen molar-refractivity contribution < 1.29 is 14.0 Å². The minimum absolute atomic E-state index is 0.394. The lowest BCUT2D eigenvalue weighted by molar-refractivity contribution is -0.114. The fraction of sp³-hybridized carbons (Fsp3) is 0. The molecule has 2 aromatic rings. The molecular formula is C16H12ClFN2O2. The van der Waals surface area contributed by atoms with E-state index in [2.05, 4.69) is 10.6 Å². The normalized spacial score (nSPS) is 10.5. The lowest BCUT2D eigenvalue weighted by Gasteiger charge is -2.03. The highest BCUT2D eigenvalue weighted by atomic mass is 35.5. The van der Waals surface area contributed by atoms with Crippen LogP contribution in [0.4, 0.5) is 15.8 Å². The van der Waals surface area contributed by atoms with E-state index in [-0.39, 0.29) is 0 Å². The summed E-state index contributed by atoms with van der Waals surface area (Å²) < 4.78 is 12.7. The minimum Gasteiger partial charge on any atom is -0.323 e. The van der Waals surface area contributed by atoms with Gasteiger partial charge < -0.3 is 10.6 Å². The van der Waals surface area contributed by atoms with Gasteiger partial charge in [0.05, 0.1) is 0 Å². The molecule has 22 heavy (non-hydrogen) atoms. The second-order valence-corrected chi connectivity index (χ2v) is 4.77. The molecule has 0 fully saturated rings. The molecule has 4 nitrogen and oxygen atoms in total. The summed E-state index contributed by atoms with van der Waals surface area (Å²) >= 11 is 5.80. The summed E-state index contributed by atoms with van der Waals surface area (Å²) in [6.45, 7) is 0. The molecule has 0 aliphatic rings. The van der Waals surface area contributed by atoms with Gasteiger partial charge in [-0.3, -0.25) is 9.59 Å². The highest BCUT2D eigenvalue weighted by molar-refractivity contribution is 6.30. The van der Waals surface area contributed by atoms with Crippen LogP contribution in [0.5, 0.6) is 0 Å². The van der Waals surface area contributed by atoms with Gasteiger partial charge in [0.25, 0.3) is 0 Å². The molecule has 6 heteroatoms. The van der Waals surface area contributed by atoms with Gasteiger partial charge >= 0.3 is 0 Å². The number of hydrogen-bond acceptors (Lipinski definition) is 2. The zero-order valence-corrected chi connectivity index (χ0v) is 12.1. The van der Waals surface area contributed by atoms with Gasteiger partial charge in [0, 0.05) is 28.5 Å². The van der Waals surface area contributed by atoms with Crippen LogP contribution in [0.15, 0.2) is 60.7 Å². The molecule has 2 rings (SSSR count). The summed E-state index contributed by atoms with van der Waals surface area (Å²) in [6, 6.07) is 11.9. The van der Waals surface area contributed by atoms with Crippen LogP contribution in [0.1, 0.15) is 0 Å². The first-order chi connectivity index (χ1) is 10.5. The van der Waals surface area contributed by atoms with Gasteiger partial charge in [-0.25, -0.2) is 4.39 Å². The third-order valence-corrected chi connectivity index (χ3v) is 2.83. The van der Waals surface area contributed by atoms with E-state index in [1.54, 1.807) is 24.3 Å². The standard InChI is InChI=1S/C16H12ClFN2O2/c17-11-2-1-3-14(10-11)20-16(22)9-8-15(21)19-13-6-4-12(18)5-7-13/h1-10H,(H,19,21)(H,20,22)/b9-8-. The van der Waals surface area contributed by atoms with Crippen LogP contribution < -0.4 is 10.6 Å². The predicted octanol–water partition coefficient (Wildman–Crippen LogP) is 3.61. The van der Waals surface area contributed by atoms with Gasteiger partial charge in [-0.1, -0.05) is 17.7 Å². The zero-order chi connectivity index (χ0) is 15.9. The average Bonchev–Trinajstić information content (AvgIpc) is 2.48. The van der Waals surface area contributed by atoms with E-state index in [4.69, 9.17) is 11.6 Å². The summed E-state index contributed by atoms with van der Waals surface area (Å²) in [5, 5.41) is 5.57. The van der Waals surface area contributed by atoms with Crippen LogP contribution in [-0.4, -0.2) is 11.8 Å². The van der Waals surface area contributed by atoms with Gasteiger partial charge in [-0.2, -0.15) is 0 Å². The Morgan fingerprint density at radius 2 is 1.50 bits per heavy atom. The second kappa shape index (κ2) is 7.38. The first-order valence-corrected chi connectivity index (χ1v) is 6.72. The Morgan fingerprint density at radius 3 is 2.09 bits per heavy atom. The Kier molecular flexibility index (Phi) is 5.27. The average molecular weight is 319 g/mol. The SMILES string of the molecule is O=C(/C=C\C(=O)Nc1cccc(Cl)c1)Nc1ccc(F)cc1. The van der Waals surface area contributed by atoms with Crippen molar-refractivity contribution in [2.24, 2.45) is 0 Å². The van der Waals surface area contributed by atoms with E-state index in [0.717, 1.165) is 12.2 Å². The smallest absolute Gasteiger partial charge is 0.248 e. The van der Waals surface area contributed by atoms with Crippen LogP contribution in [0, 0.1) is 5.82 Å². The van der Waals surface area contributed by atoms with E-state index >= 15 is 0 Å². The highest BCUT2D eigenvalue weighted by Gasteiger charge is 2.01. The molecule has 0 saturated heterocycles. The molecule has 0 aliphatic carbocycles. The van der Waals surface area contributed by atoms with Gasteiger partial charge in [-0.05, 0) is 42.5 Å². The number of halogens is 2. The minimum atomic E-state index is -0.493. The van der Waals surface area contributed by atoms with Crippen LogP contribution >= 0.6 is 11.6 Å². The Morgan fingerprint density at radius 1 is 0.909 bits per heavy atom. The Labute approximate surface area is 131 Å². The molecule has 2 amide bonds. The number of benzene rings is 2. The lowest BCUT2D eigenvalue weighted by atomic mass is 10.3. The number of hydrogen-bond donors (Lipinski definition) is 2. The zero-order valence-electron chi connectivity index (χ0n) is 11.3. The highest BCUT2D eigenvalue weighted by Crippen LogP contribution is 2.14. The maximum atomic E-state index is 12.7. The van der Waals surface area contributed by atoms with Gasteiger partial charge in [-0.15, -0.1) is 0 Å². The molecule has 2 N–H and O–H groups in total. The predicted molar refractivity (Wildman–Crippen MR) is 84.3 cm³/mol. The summed E-state index contributed by atoms with van der Waals surface area (Å²) in [6.07, 6.45) is 2.18. The molecule has 0 aromatic heterocycles. The first kappa shape index (κ1) is 15.7. The van der Waals surface area contributed by atoms with Gasteiger partial charge in [0.1, 0.15) is 5.82 Å².